The van der Waals surface area contributed by atoms with Crippen LogP contribution in [0.25, 0.3) is 0 Å². The number of hydrogen-bond donors (Lipinski definition) is 2. The Hall–Kier alpha value is -2.33. The van der Waals surface area contributed by atoms with Crippen LogP contribution in [0.2, 0.25) is 0 Å². The van der Waals surface area contributed by atoms with Crippen LogP contribution in [0.1, 0.15) is 76.1 Å². The minimum absolute atomic E-state index is 0.0544. The van der Waals surface area contributed by atoms with E-state index in [0.717, 1.165) is 41.9 Å². The molecule has 2 heterocycles. The molecular weight excluding hydrogens is 545 g/mol. The van der Waals surface area contributed by atoms with E-state index in [-0.39, 0.29) is 34.9 Å². The Morgan fingerprint density at radius 1 is 1.10 bits per heavy atom. The zero-order chi connectivity index (χ0) is 29.5. The van der Waals surface area contributed by atoms with Gasteiger partial charge in [-0.2, -0.15) is 0 Å². The number of benzene rings is 2. The minimum Gasteiger partial charge on any atom is -0.404 e. The van der Waals surface area contributed by atoms with Crippen LogP contribution in [0.3, 0.4) is 0 Å². The summed E-state index contributed by atoms with van der Waals surface area (Å²) in [7, 11) is -0.492. The Labute approximate surface area is 254 Å². The number of amides is 2. The molecule has 3 aliphatic carbocycles. The van der Waals surface area contributed by atoms with Gasteiger partial charge in [-0.1, -0.05) is 56.3 Å². The van der Waals surface area contributed by atoms with Gasteiger partial charge >= 0.3 is 7.12 Å². The molecular formula is C33H44BN3O4S. The molecule has 0 aromatic heterocycles. The smallest absolute Gasteiger partial charge is 0.404 e. The van der Waals surface area contributed by atoms with Gasteiger partial charge in [0.05, 0.1) is 17.6 Å². The van der Waals surface area contributed by atoms with Crippen LogP contribution in [0.15, 0.2) is 64.4 Å². The Bertz CT molecular complexity index is 1300. The number of nitrogens with two attached hydrogens (primary N) is 1. The quantitative estimate of drug-likeness (QED) is 0.288. The van der Waals surface area contributed by atoms with Gasteiger partial charge in [-0.05, 0) is 99.6 Å². The van der Waals surface area contributed by atoms with Crippen LogP contribution in [0, 0.1) is 17.3 Å². The SMILES string of the molecule is CC1(C)[C@@H]2C[C@H]3OB([C@H](CCCCN)NC(=O)[C@@H]4CCCN4C(=O)c4cccc(Sc5ccccc5)c4)O[C@@]3(C)[C@H]1C2. The van der Waals surface area contributed by atoms with Gasteiger partial charge in [0, 0.05) is 21.9 Å². The van der Waals surface area contributed by atoms with Crippen molar-refractivity contribution in [1.29, 1.82) is 0 Å². The standard InChI is InChI=1S/C33H44BN3O4S/c1-32(2)23-20-27(32)33(3)28(21-23)40-34(41-33)29(16-7-8-17-35)36-30(38)26-15-10-18-37(26)31(39)22-11-9-14-25(19-22)42-24-12-5-4-6-13-24/h4-6,9,11-14,19,23,26-29H,7-8,10,15-18,20-21,35H2,1-3H3,(H,36,38)/t23-,26-,27-,28+,29-,33-/m0/s1. The summed E-state index contributed by atoms with van der Waals surface area (Å²) in [6.07, 6.45) is 6.18. The molecule has 9 heteroatoms. The maximum absolute atomic E-state index is 13.8. The zero-order valence-electron chi connectivity index (χ0n) is 25.1. The van der Waals surface area contributed by atoms with Crippen molar-refractivity contribution in [2.45, 2.75) is 99.2 Å². The Balaban J connectivity index is 1.14. The molecule has 2 aliphatic heterocycles. The summed E-state index contributed by atoms with van der Waals surface area (Å²) in [5, 5.41) is 3.29. The molecule has 2 bridgehead atoms. The highest BCUT2D eigenvalue weighted by Gasteiger charge is 2.68. The van der Waals surface area contributed by atoms with Crippen molar-refractivity contribution in [2.75, 3.05) is 13.1 Å². The predicted octanol–water partition coefficient (Wildman–Crippen LogP) is 5.32. The Kier molecular flexibility index (Phi) is 8.49. The number of likely N-dealkylation sites (tertiary alicyclic amines) is 1. The lowest BCUT2D eigenvalue weighted by atomic mass is 9.43. The molecule has 7 nitrogen and oxygen atoms in total. The molecule has 0 unspecified atom stereocenters. The maximum Gasteiger partial charge on any atom is 0.481 e. The van der Waals surface area contributed by atoms with Gasteiger partial charge in [0.15, 0.2) is 0 Å². The molecule has 42 heavy (non-hydrogen) atoms. The summed E-state index contributed by atoms with van der Waals surface area (Å²) in [6, 6.07) is 17.3. The highest BCUT2D eigenvalue weighted by atomic mass is 32.2. The first-order valence-electron chi connectivity index (χ1n) is 15.7. The van der Waals surface area contributed by atoms with Crippen LogP contribution >= 0.6 is 11.8 Å². The molecule has 224 valence electrons. The fourth-order valence-corrected chi connectivity index (χ4v) is 8.80. The van der Waals surface area contributed by atoms with Crippen molar-refractivity contribution in [3.63, 3.8) is 0 Å². The van der Waals surface area contributed by atoms with E-state index in [1.54, 1.807) is 16.7 Å². The first-order chi connectivity index (χ1) is 20.2. The van der Waals surface area contributed by atoms with E-state index in [9.17, 15) is 9.59 Å². The molecule has 3 saturated carbocycles. The van der Waals surface area contributed by atoms with E-state index in [4.69, 9.17) is 15.0 Å². The first-order valence-corrected chi connectivity index (χ1v) is 16.5. The molecule has 2 saturated heterocycles. The third-order valence-corrected chi connectivity index (χ3v) is 11.5. The van der Waals surface area contributed by atoms with Crippen LogP contribution in [0.4, 0.5) is 0 Å². The normalized spacial score (nSPS) is 30.0. The molecule has 3 N–H and O–H groups in total. The van der Waals surface area contributed by atoms with Gasteiger partial charge in [-0.3, -0.25) is 9.59 Å². The van der Waals surface area contributed by atoms with Gasteiger partial charge in [0.1, 0.15) is 6.04 Å². The monoisotopic (exact) mass is 589 g/mol. The molecule has 5 aliphatic rings. The molecule has 6 atom stereocenters. The summed E-state index contributed by atoms with van der Waals surface area (Å²) in [5.74, 6) is 0.616. The Morgan fingerprint density at radius 3 is 2.64 bits per heavy atom. The number of carbonyl (C=O) groups is 2. The van der Waals surface area contributed by atoms with E-state index >= 15 is 0 Å². The van der Waals surface area contributed by atoms with Gasteiger partial charge in [-0.25, -0.2) is 0 Å². The number of carbonyl (C=O) groups excluding carboxylic acids is 2. The van der Waals surface area contributed by atoms with Gasteiger partial charge in [-0.15, -0.1) is 0 Å². The summed E-state index contributed by atoms with van der Waals surface area (Å²) in [4.78, 5) is 31.4. The largest absolute Gasteiger partial charge is 0.481 e. The van der Waals surface area contributed by atoms with Crippen LogP contribution < -0.4 is 11.1 Å². The van der Waals surface area contributed by atoms with Crippen molar-refractivity contribution in [2.24, 2.45) is 23.0 Å². The fraction of sp³-hybridized carbons (Fsp3) is 0.576. The average Bonchev–Trinajstić information content (AvgIpc) is 3.61. The van der Waals surface area contributed by atoms with Crippen molar-refractivity contribution >= 4 is 30.7 Å². The predicted molar refractivity (Wildman–Crippen MR) is 166 cm³/mol. The summed E-state index contributed by atoms with van der Waals surface area (Å²) in [5.41, 5.74) is 6.33. The van der Waals surface area contributed by atoms with E-state index < -0.39 is 13.2 Å². The van der Waals surface area contributed by atoms with Gasteiger partial charge in [0.2, 0.25) is 5.91 Å². The number of hydrogen-bond acceptors (Lipinski definition) is 6. The summed E-state index contributed by atoms with van der Waals surface area (Å²) in [6.45, 7) is 8.09. The molecule has 5 fully saturated rings. The molecule has 2 aromatic rings. The molecule has 2 aromatic carbocycles. The lowest BCUT2D eigenvalue weighted by Crippen LogP contribution is -2.65. The molecule has 0 radical (unpaired) electrons. The second-order valence-electron chi connectivity index (χ2n) is 13.3. The maximum atomic E-state index is 13.8. The first kappa shape index (κ1) is 29.7. The highest BCUT2D eigenvalue weighted by Crippen LogP contribution is 2.65. The van der Waals surface area contributed by atoms with E-state index in [2.05, 4.69) is 38.2 Å². The summed E-state index contributed by atoms with van der Waals surface area (Å²) >= 11 is 1.62. The topological polar surface area (TPSA) is 93.9 Å². The lowest BCUT2D eigenvalue weighted by Gasteiger charge is -2.64. The average molecular weight is 590 g/mol. The van der Waals surface area contributed by atoms with Gasteiger partial charge < -0.3 is 25.3 Å². The number of nitrogens with one attached hydrogen (secondary N) is 1. The molecule has 2 amide bonds. The third-order valence-electron chi connectivity index (χ3n) is 10.5. The number of unbranched alkanes of at least 4 members (excludes halogenated alkanes) is 1. The van der Waals surface area contributed by atoms with E-state index in [1.165, 1.54) is 6.42 Å². The van der Waals surface area contributed by atoms with Crippen LogP contribution in [-0.4, -0.2) is 60.6 Å². The second kappa shape index (κ2) is 12.0. The van der Waals surface area contributed by atoms with Gasteiger partial charge in [0.25, 0.3) is 5.91 Å². The second-order valence-corrected chi connectivity index (χ2v) is 14.5. The van der Waals surface area contributed by atoms with Crippen molar-refractivity contribution < 1.29 is 18.9 Å². The van der Waals surface area contributed by atoms with E-state index in [1.807, 2.05) is 42.5 Å². The van der Waals surface area contributed by atoms with Crippen molar-refractivity contribution in [3.8, 4) is 0 Å². The minimum atomic E-state index is -0.508. The number of nitrogens with zero attached hydrogens (tertiary/aromatic N) is 1. The number of rotatable bonds is 10. The zero-order valence-corrected chi connectivity index (χ0v) is 25.9. The lowest BCUT2D eigenvalue weighted by molar-refractivity contribution is -0.199. The molecule has 7 rings (SSSR count). The van der Waals surface area contributed by atoms with Crippen LogP contribution in [-0.2, 0) is 14.1 Å². The summed E-state index contributed by atoms with van der Waals surface area (Å²) < 4.78 is 13.3. The van der Waals surface area contributed by atoms with Crippen LogP contribution in [0.5, 0.6) is 0 Å². The highest BCUT2D eigenvalue weighted by molar-refractivity contribution is 7.99. The van der Waals surface area contributed by atoms with Crippen molar-refractivity contribution in [1.82, 2.24) is 10.2 Å². The fourth-order valence-electron chi connectivity index (χ4n) is 7.90. The molecule has 0 spiro atoms. The third kappa shape index (κ3) is 5.54. The van der Waals surface area contributed by atoms with Crippen molar-refractivity contribution in [3.05, 3.63) is 60.2 Å². The van der Waals surface area contributed by atoms with E-state index in [0.29, 0.717) is 36.9 Å². The Morgan fingerprint density at radius 2 is 1.88 bits per heavy atom.